The molecule has 0 aliphatic rings. The number of benzene rings is 2. The largest absolute Gasteiger partial charge is 0.342 e. The molecular formula is C17H19N3. The molecule has 0 bridgehead atoms. The first-order valence-electron chi connectivity index (χ1n) is 7.05. The fourth-order valence-electron chi connectivity index (χ4n) is 2.61. The molecule has 0 amide bonds. The maximum Gasteiger partial charge on any atom is 0.106 e. The summed E-state index contributed by atoms with van der Waals surface area (Å²) in [5, 5.41) is 0. The molecule has 3 rings (SSSR count). The molecule has 0 aliphatic carbocycles. The van der Waals surface area contributed by atoms with Crippen molar-refractivity contribution in [3.05, 3.63) is 65.5 Å². The highest BCUT2D eigenvalue weighted by Gasteiger charge is 2.13. The second-order valence-electron chi connectivity index (χ2n) is 5.01. The lowest BCUT2D eigenvalue weighted by molar-refractivity contribution is 0.820. The van der Waals surface area contributed by atoms with Gasteiger partial charge in [0.25, 0.3) is 0 Å². The summed E-state index contributed by atoms with van der Waals surface area (Å²) in [6.07, 6.45) is 0.920. The summed E-state index contributed by atoms with van der Waals surface area (Å²) in [5.41, 5.74) is 10.6. The Kier molecular flexibility index (Phi) is 3.52. The van der Waals surface area contributed by atoms with Crippen LogP contribution in [0.2, 0.25) is 0 Å². The molecule has 3 heteroatoms. The first-order chi connectivity index (χ1) is 9.81. The molecule has 2 aromatic carbocycles. The first-order valence-corrected chi connectivity index (χ1v) is 7.05. The Bertz CT molecular complexity index is 701. The van der Waals surface area contributed by atoms with Crippen LogP contribution in [0.4, 0.5) is 0 Å². The van der Waals surface area contributed by atoms with E-state index in [-0.39, 0.29) is 5.92 Å². The SMILES string of the molecule is CCc1nc2ccc(C(CN)c3ccccc3)cc2[nH]1. The average Bonchev–Trinajstić information content (AvgIpc) is 2.91. The number of imidazole rings is 1. The third-order valence-corrected chi connectivity index (χ3v) is 3.73. The normalized spacial score (nSPS) is 12.7. The van der Waals surface area contributed by atoms with Crippen LogP contribution in [0.15, 0.2) is 48.5 Å². The van der Waals surface area contributed by atoms with E-state index in [4.69, 9.17) is 5.73 Å². The summed E-state index contributed by atoms with van der Waals surface area (Å²) in [6, 6.07) is 16.8. The van der Waals surface area contributed by atoms with Crippen molar-refractivity contribution in [2.24, 2.45) is 5.73 Å². The second-order valence-corrected chi connectivity index (χ2v) is 5.01. The van der Waals surface area contributed by atoms with E-state index in [0.717, 1.165) is 23.3 Å². The quantitative estimate of drug-likeness (QED) is 0.761. The molecule has 3 N–H and O–H groups in total. The van der Waals surface area contributed by atoms with Gasteiger partial charge in [0.05, 0.1) is 11.0 Å². The second kappa shape index (κ2) is 5.47. The van der Waals surface area contributed by atoms with Crippen LogP contribution in [0.5, 0.6) is 0 Å². The standard InChI is InChI=1S/C17H19N3/c1-2-17-19-15-9-8-13(10-16(15)20-17)14(11-18)12-6-4-3-5-7-12/h3-10,14H,2,11,18H2,1H3,(H,19,20). The van der Waals surface area contributed by atoms with E-state index < -0.39 is 0 Å². The molecule has 1 unspecified atom stereocenters. The van der Waals surface area contributed by atoms with Gasteiger partial charge in [0, 0.05) is 18.9 Å². The lowest BCUT2D eigenvalue weighted by Crippen LogP contribution is -2.13. The fourth-order valence-corrected chi connectivity index (χ4v) is 2.61. The van der Waals surface area contributed by atoms with Crippen molar-refractivity contribution in [3.8, 4) is 0 Å². The minimum atomic E-state index is 0.231. The van der Waals surface area contributed by atoms with Gasteiger partial charge in [-0.05, 0) is 23.3 Å². The topological polar surface area (TPSA) is 54.7 Å². The third-order valence-electron chi connectivity index (χ3n) is 3.73. The Balaban J connectivity index is 2.03. The number of fused-ring (bicyclic) bond motifs is 1. The van der Waals surface area contributed by atoms with Gasteiger partial charge in [0.15, 0.2) is 0 Å². The molecule has 20 heavy (non-hydrogen) atoms. The lowest BCUT2D eigenvalue weighted by atomic mass is 9.91. The Hall–Kier alpha value is -2.13. The number of rotatable bonds is 4. The van der Waals surface area contributed by atoms with E-state index >= 15 is 0 Å². The highest BCUT2D eigenvalue weighted by atomic mass is 14.9. The Morgan fingerprint density at radius 3 is 2.60 bits per heavy atom. The number of aryl methyl sites for hydroxylation is 1. The molecule has 0 fully saturated rings. The molecule has 0 saturated carbocycles. The van der Waals surface area contributed by atoms with Crippen LogP contribution < -0.4 is 5.73 Å². The van der Waals surface area contributed by atoms with Gasteiger partial charge >= 0.3 is 0 Å². The Labute approximate surface area is 118 Å². The molecule has 1 heterocycles. The zero-order valence-corrected chi connectivity index (χ0v) is 11.6. The van der Waals surface area contributed by atoms with Crippen LogP contribution in [-0.2, 0) is 6.42 Å². The molecule has 102 valence electrons. The zero-order valence-electron chi connectivity index (χ0n) is 11.6. The summed E-state index contributed by atoms with van der Waals surface area (Å²) < 4.78 is 0. The van der Waals surface area contributed by atoms with E-state index in [2.05, 4.69) is 59.4 Å². The molecule has 3 aromatic rings. The maximum atomic E-state index is 5.99. The Morgan fingerprint density at radius 1 is 1.10 bits per heavy atom. The fraction of sp³-hybridized carbons (Fsp3) is 0.235. The van der Waals surface area contributed by atoms with Crippen LogP contribution in [0.3, 0.4) is 0 Å². The molecule has 0 saturated heterocycles. The monoisotopic (exact) mass is 265 g/mol. The number of aromatic amines is 1. The van der Waals surface area contributed by atoms with E-state index in [1.165, 1.54) is 11.1 Å². The summed E-state index contributed by atoms with van der Waals surface area (Å²) in [7, 11) is 0. The number of nitrogens with two attached hydrogens (primary N) is 1. The van der Waals surface area contributed by atoms with Gasteiger partial charge in [-0.15, -0.1) is 0 Å². The van der Waals surface area contributed by atoms with Crippen LogP contribution in [-0.4, -0.2) is 16.5 Å². The zero-order chi connectivity index (χ0) is 13.9. The number of aromatic nitrogens is 2. The predicted molar refractivity (Wildman–Crippen MR) is 82.8 cm³/mol. The maximum absolute atomic E-state index is 5.99. The van der Waals surface area contributed by atoms with Crippen molar-refractivity contribution in [2.45, 2.75) is 19.3 Å². The highest BCUT2D eigenvalue weighted by Crippen LogP contribution is 2.26. The summed E-state index contributed by atoms with van der Waals surface area (Å²) in [5.74, 6) is 1.26. The predicted octanol–water partition coefficient (Wildman–Crippen LogP) is 3.22. The van der Waals surface area contributed by atoms with Crippen molar-refractivity contribution >= 4 is 11.0 Å². The number of hydrogen-bond donors (Lipinski definition) is 2. The van der Waals surface area contributed by atoms with Crippen LogP contribution in [0, 0.1) is 0 Å². The van der Waals surface area contributed by atoms with E-state index in [1.54, 1.807) is 0 Å². The van der Waals surface area contributed by atoms with Crippen LogP contribution >= 0.6 is 0 Å². The molecule has 0 spiro atoms. The van der Waals surface area contributed by atoms with Crippen molar-refractivity contribution in [2.75, 3.05) is 6.54 Å². The van der Waals surface area contributed by atoms with Crippen molar-refractivity contribution in [3.63, 3.8) is 0 Å². The Morgan fingerprint density at radius 2 is 1.90 bits per heavy atom. The third kappa shape index (κ3) is 2.32. The van der Waals surface area contributed by atoms with E-state index in [9.17, 15) is 0 Å². The van der Waals surface area contributed by atoms with Crippen molar-refractivity contribution < 1.29 is 0 Å². The summed E-state index contributed by atoms with van der Waals surface area (Å²) in [6.45, 7) is 2.70. The minimum absolute atomic E-state index is 0.231. The number of H-pyrrole nitrogens is 1. The van der Waals surface area contributed by atoms with Gasteiger partial charge in [-0.1, -0.05) is 43.3 Å². The number of nitrogens with zero attached hydrogens (tertiary/aromatic N) is 1. The number of hydrogen-bond acceptors (Lipinski definition) is 2. The van der Waals surface area contributed by atoms with Crippen LogP contribution in [0.25, 0.3) is 11.0 Å². The highest BCUT2D eigenvalue weighted by molar-refractivity contribution is 5.76. The molecule has 3 nitrogen and oxygen atoms in total. The van der Waals surface area contributed by atoms with Gasteiger partial charge in [0.1, 0.15) is 5.82 Å². The van der Waals surface area contributed by atoms with Crippen molar-refractivity contribution in [1.82, 2.24) is 9.97 Å². The lowest BCUT2D eigenvalue weighted by Gasteiger charge is -2.15. The molecular weight excluding hydrogens is 246 g/mol. The van der Waals surface area contributed by atoms with E-state index in [0.29, 0.717) is 6.54 Å². The van der Waals surface area contributed by atoms with Gasteiger partial charge in [-0.25, -0.2) is 4.98 Å². The summed E-state index contributed by atoms with van der Waals surface area (Å²) >= 11 is 0. The number of nitrogens with one attached hydrogen (secondary N) is 1. The van der Waals surface area contributed by atoms with Gasteiger partial charge < -0.3 is 10.7 Å². The minimum Gasteiger partial charge on any atom is -0.342 e. The van der Waals surface area contributed by atoms with Crippen molar-refractivity contribution in [1.29, 1.82) is 0 Å². The molecule has 0 aliphatic heterocycles. The first kappa shape index (κ1) is 12.9. The van der Waals surface area contributed by atoms with Gasteiger partial charge in [0.2, 0.25) is 0 Å². The molecule has 1 aromatic heterocycles. The van der Waals surface area contributed by atoms with Gasteiger partial charge in [-0.2, -0.15) is 0 Å². The molecule has 0 radical (unpaired) electrons. The molecule has 1 atom stereocenters. The van der Waals surface area contributed by atoms with Crippen LogP contribution in [0.1, 0.15) is 29.8 Å². The van der Waals surface area contributed by atoms with Gasteiger partial charge in [-0.3, -0.25) is 0 Å². The van der Waals surface area contributed by atoms with E-state index in [1.807, 2.05) is 6.07 Å². The summed E-state index contributed by atoms with van der Waals surface area (Å²) in [4.78, 5) is 7.91. The average molecular weight is 265 g/mol. The smallest absolute Gasteiger partial charge is 0.106 e.